The normalized spacial score (nSPS) is 18.8. The molecule has 0 atom stereocenters. The summed E-state index contributed by atoms with van der Waals surface area (Å²) in [6.07, 6.45) is 4.08. The van der Waals surface area contributed by atoms with Crippen LogP contribution in [-0.4, -0.2) is 55.4 Å². The van der Waals surface area contributed by atoms with Crippen LogP contribution < -0.4 is 0 Å². The molecule has 0 saturated carbocycles. The second-order valence-corrected chi connectivity index (χ2v) is 4.34. The van der Waals surface area contributed by atoms with Crippen LogP contribution in [-0.2, 0) is 4.79 Å². The lowest BCUT2D eigenvalue weighted by atomic mass is 10.1. The second-order valence-electron chi connectivity index (χ2n) is 4.34. The number of carbonyl (C=O) groups is 1. The fourth-order valence-corrected chi connectivity index (χ4v) is 1.95. The van der Waals surface area contributed by atoms with E-state index in [9.17, 15) is 4.79 Å². The van der Waals surface area contributed by atoms with Gasteiger partial charge in [-0.2, -0.15) is 0 Å². The van der Waals surface area contributed by atoms with Crippen LogP contribution in [0, 0.1) is 0 Å². The van der Waals surface area contributed by atoms with E-state index in [1.54, 1.807) is 6.92 Å². The fourth-order valence-electron chi connectivity index (χ4n) is 1.95. The van der Waals surface area contributed by atoms with E-state index in [2.05, 4.69) is 9.80 Å². The Hall–Kier alpha value is -0.410. The van der Waals surface area contributed by atoms with Crippen molar-refractivity contribution in [3.05, 3.63) is 0 Å². The Morgan fingerprint density at radius 1 is 1.29 bits per heavy atom. The first kappa shape index (κ1) is 11.7. The molecule has 1 aliphatic rings. The summed E-state index contributed by atoms with van der Waals surface area (Å²) in [6, 6.07) is 0. The van der Waals surface area contributed by atoms with E-state index in [0.717, 1.165) is 13.1 Å². The molecule has 0 aromatic rings. The topological polar surface area (TPSA) is 23.6 Å². The van der Waals surface area contributed by atoms with Crippen LogP contribution in [0.25, 0.3) is 0 Å². The predicted octanol–water partition coefficient (Wildman–Crippen LogP) is 0.993. The lowest BCUT2D eigenvalue weighted by molar-refractivity contribution is -0.117. The van der Waals surface area contributed by atoms with E-state index in [0.29, 0.717) is 6.54 Å². The summed E-state index contributed by atoms with van der Waals surface area (Å²) in [5.74, 6) is 0.256. The van der Waals surface area contributed by atoms with Gasteiger partial charge in [-0.05, 0) is 39.9 Å². The number of carbonyl (C=O) groups excluding carboxylic acids is 1. The zero-order valence-corrected chi connectivity index (χ0v) is 9.46. The number of Topliss-reactive ketones (excluding diaryl/α,β-unsaturated/α-hetero) is 1. The molecule has 1 rings (SSSR count). The molecular weight excluding hydrogens is 176 g/mol. The van der Waals surface area contributed by atoms with Gasteiger partial charge in [-0.25, -0.2) is 0 Å². The minimum absolute atomic E-state index is 0.256. The number of likely N-dealkylation sites (tertiary alicyclic amines) is 1. The first-order valence-electron chi connectivity index (χ1n) is 5.59. The largest absolute Gasteiger partial charge is 0.302 e. The Bertz CT molecular complexity index is 176. The van der Waals surface area contributed by atoms with Crippen molar-refractivity contribution in [2.45, 2.75) is 26.2 Å². The first-order chi connectivity index (χ1) is 6.68. The van der Waals surface area contributed by atoms with Crippen molar-refractivity contribution in [2.75, 3.05) is 39.8 Å². The first-order valence-corrected chi connectivity index (χ1v) is 5.59. The third kappa shape index (κ3) is 4.72. The zero-order valence-electron chi connectivity index (χ0n) is 9.46. The molecule has 0 aliphatic carbocycles. The highest BCUT2D eigenvalue weighted by Gasteiger charge is 2.10. The summed E-state index contributed by atoms with van der Waals surface area (Å²) in [7, 11) is 2.02. The van der Waals surface area contributed by atoms with Gasteiger partial charge in [0.25, 0.3) is 0 Å². The highest BCUT2D eigenvalue weighted by molar-refractivity contribution is 5.77. The molecule has 14 heavy (non-hydrogen) atoms. The Morgan fingerprint density at radius 3 is 2.50 bits per heavy atom. The number of rotatable bonds is 5. The van der Waals surface area contributed by atoms with Crippen LogP contribution in [0.3, 0.4) is 0 Å². The summed E-state index contributed by atoms with van der Waals surface area (Å²) in [5.41, 5.74) is 0. The van der Waals surface area contributed by atoms with Gasteiger partial charge >= 0.3 is 0 Å². The smallest absolute Gasteiger partial charge is 0.143 e. The summed E-state index contributed by atoms with van der Waals surface area (Å²) in [6.45, 7) is 6.86. The molecule has 1 heterocycles. The molecule has 0 radical (unpaired) electrons. The van der Waals surface area contributed by atoms with Gasteiger partial charge in [-0.1, -0.05) is 6.42 Å². The molecular formula is C11H22N2O. The predicted molar refractivity (Wildman–Crippen MR) is 58.5 cm³/mol. The van der Waals surface area contributed by atoms with Crippen molar-refractivity contribution in [1.82, 2.24) is 9.80 Å². The number of likely N-dealkylation sites (N-methyl/N-ethyl adjacent to an activating group) is 1. The number of ketones is 1. The van der Waals surface area contributed by atoms with Gasteiger partial charge in [0.05, 0.1) is 6.54 Å². The summed E-state index contributed by atoms with van der Waals surface area (Å²) >= 11 is 0. The highest BCUT2D eigenvalue weighted by atomic mass is 16.1. The van der Waals surface area contributed by atoms with Gasteiger partial charge in [-0.15, -0.1) is 0 Å². The molecule has 1 fully saturated rings. The Balaban J connectivity index is 2.09. The molecule has 0 amide bonds. The van der Waals surface area contributed by atoms with Crippen LogP contribution >= 0.6 is 0 Å². The fraction of sp³-hybridized carbons (Fsp3) is 0.909. The van der Waals surface area contributed by atoms with Crippen LogP contribution in [0.5, 0.6) is 0 Å². The lowest BCUT2D eigenvalue weighted by Crippen LogP contribution is -2.37. The third-order valence-corrected chi connectivity index (χ3v) is 2.74. The van der Waals surface area contributed by atoms with Gasteiger partial charge in [0.15, 0.2) is 0 Å². The Morgan fingerprint density at radius 2 is 1.93 bits per heavy atom. The van der Waals surface area contributed by atoms with Crippen molar-refractivity contribution >= 4 is 5.78 Å². The van der Waals surface area contributed by atoms with Crippen molar-refractivity contribution in [1.29, 1.82) is 0 Å². The minimum Gasteiger partial charge on any atom is -0.302 e. The highest BCUT2D eigenvalue weighted by Crippen LogP contribution is 2.07. The molecule has 0 N–H and O–H groups in total. The van der Waals surface area contributed by atoms with E-state index in [-0.39, 0.29) is 5.78 Å². The number of piperidine rings is 1. The van der Waals surface area contributed by atoms with Gasteiger partial charge in [-0.3, -0.25) is 9.69 Å². The third-order valence-electron chi connectivity index (χ3n) is 2.74. The average molecular weight is 198 g/mol. The molecule has 1 saturated heterocycles. The van der Waals surface area contributed by atoms with E-state index < -0.39 is 0 Å². The lowest BCUT2D eigenvalue weighted by Gasteiger charge is -2.28. The van der Waals surface area contributed by atoms with Crippen LogP contribution in [0.4, 0.5) is 0 Å². The van der Waals surface area contributed by atoms with E-state index in [1.807, 2.05) is 7.05 Å². The molecule has 0 unspecified atom stereocenters. The molecule has 0 spiro atoms. The number of hydrogen-bond acceptors (Lipinski definition) is 3. The molecule has 0 bridgehead atoms. The maximum absolute atomic E-state index is 10.8. The maximum Gasteiger partial charge on any atom is 0.143 e. The summed E-state index contributed by atoms with van der Waals surface area (Å²) in [5, 5.41) is 0. The molecule has 3 nitrogen and oxygen atoms in total. The van der Waals surface area contributed by atoms with Crippen LogP contribution in [0.2, 0.25) is 0 Å². The van der Waals surface area contributed by atoms with E-state index >= 15 is 0 Å². The van der Waals surface area contributed by atoms with Gasteiger partial charge in [0.2, 0.25) is 0 Å². The summed E-state index contributed by atoms with van der Waals surface area (Å²) < 4.78 is 0. The zero-order chi connectivity index (χ0) is 10.4. The second kappa shape index (κ2) is 6.14. The van der Waals surface area contributed by atoms with E-state index in [4.69, 9.17) is 0 Å². The molecule has 1 aliphatic heterocycles. The van der Waals surface area contributed by atoms with Crippen LogP contribution in [0.15, 0.2) is 0 Å². The van der Waals surface area contributed by atoms with Gasteiger partial charge in [0, 0.05) is 13.1 Å². The number of nitrogens with zero attached hydrogens (tertiary/aromatic N) is 2. The SMILES string of the molecule is CC(=O)CN(C)CCN1CCCCC1. The standard InChI is InChI=1S/C11H22N2O/c1-11(14)10-12(2)8-9-13-6-4-3-5-7-13/h3-10H2,1-2H3. The molecule has 0 aromatic carbocycles. The molecule has 0 aromatic heterocycles. The maximum atomic E-state index is 10.8. The van der Waals surface area contributed by atoms with Crippen molar-refractivity contribution in [2.24, 2.45) is 0 Å². The van der Waals surface area contributed by atoms with Gasteiger partial charge < -0.3 is 4.90 Å². The Kier molecular flexibility index (Phi) is 5.12. The monoisotopic (exact) mass is 198 g/mol. The van der Waals surface area contributed by atoms with Crippen molar-refractivity contribution in [3.63, 3.8) is 0 Å². The van der Waals surface area contributed by atoms with Crippen LogP contribution in [0.1, 0.15) is 26.2 Å². The minimum atomic E-state index is 0.256. The van der Waals surface area contributed by atoms with E-state index in [1.165, 1.54) is 32.4 Å². The Labute approximate surface area is 87.1 Å². The summed E-state index contributed by atoms with van der Waals surface area (Å²) in [4.78, 5) is 15.5. The quantitative estimate of drug-likeness (QED) is 0.658. The number of hydrogen-bond donors (Lipinski definition) is 0. The van der Waals surface area contributed by atoms with Crippen molar-refractivity contribution in [3.8, 4) is 0 Å². The van der Waals surface area contributed by atoms with Gasteiger partial charge in [0.1, 0.15) is 5.78 Å². The molecule has 82 valence electrons. The average Bonchev–Trinajstić information content (AvgIpc) is 2.15. The molecule has 3 heteroatoms. The van der Waals surface area contributed by atoms with Crippen molar-refractivity contribution < 1.29 is 4.79 Å².